The highest BCUT2D eigenvalue weighted by atomic mass is 32.2. The molecule has 0 atom stereocenters. The van der Waals surface area contributed by atoms with Crippen LogP contribution in [0.5, 0.6) is 0 Å². The topological polar surface area (TPSA) is 94.0 Å². The monoisotopic (exact) mass is 254 g/mol. The van der Waals surface area contributed by atoms with E-state index in [0.29, 0.717) is 11.6 Å². The summed E-state index contributed by atoms with van der Waals surface area (Å²) in [5.74, 6) is -0.696. The molecule has 0 saturated heterocycles. The molecule has 90 valence electrons. The van der Waals surface area contributed by atoms with E-state index in [1.54, 1.807) is 11.7 Å². The Hall–Kier alpha value is -1.83. The number of aliphatic carboxylic acids is 1. The normalized spacial score (nSPS) is 10.7. The number of carboxylic acid groups (broad SMARTS) is 1. The van der Waals surface area contributed by atoms with Crippen molar-refractivity contribution in [1.29, 1.82) is 0 Å². The fraction of sp³-hybridized carbons (Fsp3) is 0.333. The van der Waals surface area contributed by atoms with Gasteiger partial charge >= 0.3 is 5.97 Å². The van der Waals surface area contributed by atoms with E-state index in [0.717, 1.165) is 17.5 Å². The predicted octanol–water partition coefficient (Wildman–Crippen LogP) is 0.955. The van der Waals surface area contributed by atoms with Gasteiger partial charge in [-0.2, -0.15) is 5.10 Å². The zero-order chi connectivity index (χ0) is 12.4. The fourth-order valence-corrected chi connectivity index (χ4v) is 1.79. The van der Waals surface area contributed by atoms with Crippen LogP contribution in [0.15, 0.2) is 15.7 Å². The number of carboxylic acids is 1. The SMILES string of the molecule is Cc1cc(-c2nnc(SCC(=O)O)o2)n(C)n1. The van der Waals surface area contributed by atoms with Crippen molar-refractivity contribution in [3.05, 3.63) is 11.8 Å². The summed E-state index contributed by atoms with van der Waals surface area (Å²) in [5, 5.41) is 20.5. The molecule has 0 aliphatic heterocycles. The minimum atomic E-state index is -0.925. The largest absolute Gasteiger partial charge is 0.481 e. The Labute approximate surface area is 101 Å². The molecule has 2 aromatic heterocycles. The van der Waals surface area contributed by atoms with Gasteiger partial charge in [-0.1, -0.05) is 11.8 Å². The van der Waals surface area contributed by atoms with Gasteiger partial charge in [0, 0.05) is 7.05 Å². The summed E-state index contributed by atoms with van der Waals surface area (Å²) in [7, 11) is 1.77. The maximum Gasteiger partial charge on any atom is 0.314 e. The highest BCUT2D eigenvalue weighted by molar-refractivity contribution is 7.99. The summed E-state index contributed by atoms with van der Waals surface area (Å²) in [6.45, 7) is 1.86. The number of carbonyl (C=O) groups is 1. The molecule has 2 aromatic rings. The van der Waals surface area contributed by atoms with Crippen LogP contribution in [0, 0.1) is 6.92 Å². The van der Waals surface area contributed by atoms with Crippen molar-refractivity contribution in [3.63, 3.8) is 0 Å². The summed E-state index contributed by atoms with van der Waals surface area (Å²) in [5.41, 5.74) is 1.55. The Morgan fingerprint density at radius 2 is 2.35 bits per heavy atom. The molecule has 8 heteroatoms. The number of aromatic nitrogens is 4. The third-order valence-electron chi connectivity index (χ3n) is 1.95. The molecule has 0 aliphatic carbocycles. The second kappa shape index (κ2) is 4.58. The zero-order valence-corrected chi connectivity index (χ0v) is 10.1. The number of nitrogens with zero attached hydrogens (tertiary/aromatic N) is 4. The van der Waals surface area contributed by atoms with Crippen molar-refractivity contribution >= 4 is 17.7 Å². The standard InChI is InChI=1S/C9H10N4O3S/c1-5-3-6(13(2)12-5)8-10-11-9(16-8)17-4-7(14)15/h3H,4H2,1-2H3,(H,14,15). The van der Waals surface area contributed by atoms with Crippen molar-refractivity contribution in [3.8, 4) is 11.6 Å². The molecule has 0 radical (unpaired) electrons. The van der Waals surface area contributed by atoms with Gasteiger partial charge in [0.05, 0.1) is 5.69 Å². The van der Waals surface area contributed by atoms with Gasteiger partial charge in [0.2, 0.25) is 0 Å². The number of rotatable bonds is 4. The lowest BCUT2D eigenvalue weighted by atomic mass is 10.4. The summed E-state index contributed by atoms with van der Waals surface area (Å²) in [4.78, 5) is 10.4. The van der Waals surface area contributed by atoms with Crippen LogP contribution in [0.4, 0.5) is 0 Å². The van der Waals surface area contributed by atoms with Crippen molar-refractivity contribution in [1.82, 2.24) is 20.0 Å². The molecule has 0 spiro atoms. The minimum absolute atomic E-state index is 0.105. The van der Waals surface area contributed by atoms with Gasteiger partial charge < -0.3 is 9.52 Å². The summed E-state index contributed by atoms with van der Waals surface area (Å²) in [6, 6.07) is 1.82. The van der Waals surface area contributed by atoms with Crippen LogP contribution < -0.4 is 0 Å². The molecule has 0 saturated carbocycles. The van der Waals surface area contributed by atoms with Gasteiger partial charge in [0.1, 0.15) is 11.4 Å². The Kier molecular flexibility index (Phi) is 3.14. The van der Waals surface area contributed by atoms with Crippen LogP contribution in [0.2, 0.25) is 0 Å². The van der Waals surface area contributed by atoms with Gasteiger partial charge in [-0.05, 0) is 13.0 Å². The van der Waals surface area contributed by atoms with Crippen LogP contribution in [0.3, 0.4) is 0 Å². The van der Waals surface area contributed by atoms with Gasteiger partial charge in [0.15, 0.2) is 0 Å². The van der Waals surface area contributed by atoms with E-state index in [1.165, 1.54) is 0 Å². The van der Waals surface area contributed by atoms with Crippen molar-refractivity contribution < 1.29 is 14.3 Å². The molecule has 0 unspecified atom stereocenters. The molecule has 2 heterocycles. The van der Waals surface area contributed by atoms with E-state index < -0.39 is 5.97 Å². The van der Waals surface area contributed by atoms with Crippen LogP contribution in [-0.2, 0) is 11.8 Å². The number of hydrogen-bond donors (Lipinski definition) is 1. The predicted molar refractivity (Wildman–Crippen MR) is 59.6 cm³/mol. The van der Waals surface area contributed by atoms with Gasteiger partial charge in [-0.25, -0.2) is 0 Å². The van der Waals surface area contributed by atoms with E-state index in [-0.39, 0.29) is 11.0 Å². The molecule has 0 bridgehead atoms. The van der Waals surface area contributed by atoms with E-state index >= 15 is 0 Å². The lowest BCUT2D eigenvalue weighted by Crippen LogP contribution is -1.97. The fourth-order valence-electron chi connectivity index (χ4n) is 1.31. The third-order valence-corrected chi connectivity index (χ3v) is 2.75. The second-order valence-electron chi connectivity index (χ2n) is 3.35. The molecule has 0 fully saturated rings. The van der Waals surface area contributed by atoms with E-state index in [4.69, 9.17) is 9.52 Å². The minimum Gasteiger partial charge on any atom is -0.481 e. The third kappa shape index (κ3) is 2.64. The first-order valence-corrected chi connectivity index (χ1v) is 5.74. The number of thioether (sulfide) groups is 1. The highest BCUT2D eigenvalue weighted by Crippen LogP contribution is 2.23. The summed E-state index contributed by atoms with van der Waals surface area (Å²) < 4.78 is 6.96. The first kappa shape index (κ1) is 11.6. The van der Waals surface area contributed by atoms with Gasteiger partial charge in [0.25, 0.3) is 11.1 Å². The summed E-state index contributed by atoms with van der Waals surface area (Å²) in [6.07, 6.45) is 0. The van der Waals surface area contributed by atoms with Crippen LogP contribution in [-0.4, -0.2) is 36.8 Å². The molecule has 0 amide bonds. The quantitative estimate of drug-likeness (QED) is 0.812. The van der Waals surface area contributed by atoms with Crippen molar-refractivity contribution in [2.75, 3.05) is 5.75 Å². The zero-order valence-electron chi connectivity index (χ0n) is 9.25. The average Bonchev–Trinajstić information content (AvgIpc) is 2.82. The molecule has 7 nitrogen and oxygen atoms in total. The van der Waals surface area contributed by atoms with Crippen LogP contribution >= 0.6 is 11.8 Å². The Morgan fingerprint density at radius 1 is 1.59 bits per heavy atom. The first-order valence-electron chi connectivity index (χ1n) is 4.75. The van der Waals surface area contributed by atoms with Gasteiger partial charge in [-0.3, -0.25) is 9.48 Å². The molecule has 2 rings (SSSR count). The summed E-state index contributed by atoms with van der Waals surface area (Å²) >= 11 is 0.987. The number of hydrogen-bond acceptors (Lipinski definition) is 6. The average molecular weight is 254 g/mol. The lowest BCUT2D eigenvalue weighted by molar-refractivity contribution is -0.133. The number of aryl methyl sites for hydroxylation is 2. The van der Waals surface area contributed by atoms with Crippen molar-refractivity contribution in [2.45, 2.75) is 12.1 Å². The Bertz CT molecular complexity index is 548. The van der Waals surface area contributed by atoms with E-state index in [9.17, 15) is 4.79 Å². The van der Waals surface area contributed by atoms with Crippen LogP contribution in [0.25, 0.3) is 11.6 Å². The maximum absolute atomic E-state index is 10.4. The molecule has 17 heavy (non-hydrogen) atoms. The molecule has 1 N–H and O–H groups in total. The second-order valence-corrected chi connectivity index (χ2v) is 4.28. The van der Waals surface area contributed by atoms with Crippen LogP contribution in [0.1, 0.15) is 5.69 Å². The molecular weight excluding hydrogens is 244 g/mol. The smallest absolute Gasteiger partial charge is 0.314 e. The van der Waals surface area contributed by atoms with Gasteiger partial charge in [-0.15, -0.1) is 10.2 Å². The Balaban J connectivity index is 2.18. The molecule has 0 aromatic carbocycles. The highest BCUT2D eigenvalue weighted by Gasteiger charge is 2.14. The Morgan fingerprint density at radius 3 is 2.94 bits per heavy atom. The first-order chi connectivity index (χ1) is 8.06. The maximum atomic E-state index is 10.4. The molecule has 0 aliphatic rings. The molecular formula is C9H10N4O3S. The van der Waals surface area contributed by atoms with Crippen molar-refractivity contribution in [2.24, 2.45) is 7.05 Å². The van der Waals surface area contributed by atoms with E-state index in [2.05, 4.69) is 15.3 Å². The lowest BCUT2D eigenvalue weighted by Gasteiger charge is -1.93. The van der Waals surface area contributed by atoms with E-state index in [1.807, 2.05) is 13.0 Å².